The van der Waals surface area contributed by atoms with Crippen LogP contribution in [-0.4, -0.2) is 49.1 Å². The highest BCUT2D eigenvalue weighted by Gasteiger charge is 2.36. The topological polar surface area (TPSA) is 44.4 Å². The maximum absolute atomic E-state index is 12.1. The molecule has 0 radical (unpaired) electrons. The fourth-order valence-corrected chi connectivity index (χ4v) is 3.15. The third-order valence-corrected chi connectivity index (χ3v) is 4.48. The first-order valence-corrected chi connectivity index (χ1v) is 6.99. The molecule has 3 aliphatic rings. The number of hydrogen-bond donors (Lipinski definition) is 2. The van der Waals surface area contributed by atoms with E-state index >= 15 is 0 Å². The van der Waals surface area contributed by atoms with Gasteiger partial charge in [-0.2, -0.15) is 0 Å². The molecule has 0 bridgehead atoms. The van der Waals surface area contributed by atoms with E-state index in [9.17, 15) is 4.79 Å². The zero-order valence-corrected chi connectivity index (χ0v) is 10.6. The standard InChI is InChI=1S/C13H23N3O/c1-9-6-14-7-12(9)13(17)15-10-4-5-16(8-10)11-2-3-11/h9-12,14H,2-8H2,1H3,(H,15,17)/t9-,10?,12-/m1/s1. The van der Waals surface area contributed by atoms with E-state index in [0.29, 0.717) is 12.0 Å². The Morgan fingerprint density at radius 3 is 2.76 bits per heavy atom. The molecule has 2 N–H and O–H groups in total. The lowest BCUT2D eigenvalue weighted by Crippen LogP contribution is -2.42. The number of likely N-dealkylation sites (tertiary alicyclic amines) is 1. The lowest BCUT2D eigenvalue weighted by Gasteiger charge is -2.19. The zero-order chi connectivity index (χ0) is 11.8. The molecule has 3 atom stereocenters. The molecule has 4 nitrogen and oxygen atoms in total. The van der Waals surface area contributed by atoms with Crippen LogP contribution in [-0.2, 0) is 4.79 Å². The van der Waals surface area contributed by atoms with Gasteiger partial charge in [0.2, 0.25) is 5.91 Å². The SMILES string of the molecule is C[C@@H]1CNC[C@H]1C(=O)NC1CCN(C2CC2)C1. The third-order valence-electron chi connectivity index (χ3n) is 4.48. The van der Waals surface area contributed by atoms with Crippen molar-refractivity contribution in [2.24, 2.45) is 11.8 Å². The van der Waals surface area contributed by atoms with Crippen LogP contribution in [0.4, 0.5) is 0 Å². The molecule has 0 aromatic carbocycles. The molecule has 1 aliphatic carbocycles. The second-order valence-corrected chi connectivity index (χ2v) is 5.96. The van der Waals surface area contributed by atoms with E-state index in [-0.39, 0.29) is 11.8 Å². The summed E-state index contributed by atoms with van der Waals surface area (Å²) in [5, 5.41) is 6.54. The Kier molecular flexibility index (Phi) is 3.09. The highest BCUT2D eigenvalue weighted by molar-refractivity contribution is 5.79. The Balaban J connectivity index is 1.48. The van der Waals surface area contributed by atoms with Crippen LogP contribution in [0.2, 0.25) is 0 Å². The van der Waals surface area contributed by atoms with Gasteiger partial charge in [-0.05, 0) is 31.7 Å². The molecule has 4 heteroatoms. The molecule has 0 spiro atoms. The first-order chi connectivity index (χ1) is 8.24. The van der Waals surface area contributed by atoms with E-state index in [1.54, 1.807) is 0 Å². The van der Waals surface area contributed by atoms with Gasteiger partial charge in [0.1, 0.15) is 0 Å². The summed E-state index contributed by atoms with van der Waals surface area (Å²) in [7, 11) is 0. The van der Waals surface area contributed by atoms with Gasteiger partial charge in [-0.3, -0.25) is 9.69 Å². The van der Waals surface area contributed by atoms with E-state index in [0.717, 1.165) is 32.1 Å². The largest absolute Gasteiger partial charge is 0.352 e. The predicted octanol–water partition coefficient (Wildman–Crippen LogP) is 0.195. The lowest BCUT2D eigenvalue weighted by atomic mass is 9.97. The number of nitrogens with zero attached hydrogens (tertiary/aromatic N) is 1. The van der Waals surface area contributed by atoms with Crippen molar-refractivity contribution in [3.63, 3.8) is 0 Å². The van der Waals surface area contributed by atoms with Crippen molar-refractivity contribution >= 4 is 5.91 Å². The Morgan fingerprint density at radius 2 is 2.12 bits per heavy atom. The highest BCUT2D eigenvalue weighted by Crippen LogP contribution is 2.30. The van der Waals surface area contributed by atoms with Gasteiger partial charge in [0.15, 0.2) is 0 Å². The third kappa shape index (κ3) is 2.47. The molecule has 2 saturated heterocycles. The Labute approximate surface area is 103 Å². The Bertz CT molecular complexity index is 303. The van der Waals surface area contributed by atoms with Crippen molar-refractivity contribution in [3.8, 4) is 0 Å². The van der Waals surface area contributed by atoms with Crippen molar-refractivity contribution in [2.45, 2.75) is 38.3 Å². The minimum absolute atomic E-state index is 0.185. The van der Waals surface area contributed by atoms with Crippen LogP contribution >= 0.6 is 0 Å². The van der Waals surface area contributed by atoms with Gasteiger partial charge in [-0.25, -0.2) is 0 Å². The minimum atomic E-state index is 0.185. The first-order valence-electron chi connectivity index (χ1n) is 6.99. The van der Waals surface area contributed by atoms with E-state index < -0.39 is 0 Å². The molecular weight excluding hydrogens is 214 g/mol. The Hall–Kier alpha value is -0.610. The van der Waals surface area contributed by atoms with Gasteiger partial charge in [0.05, 0.1) is 5.92 Å². The maximum atomic E-state index is 12.1. The summed E-state index contributed by atoms with van der Waals surface area (Å²) >= 11 is 0. The van der Waals surface area contributed by atoms with Gasteiger partial charge >= 0.3 is 0 Å². The molecule has 0 aromatic rings. The first kappa shape index (κ1) is 11.5. The van der Waals surface area contributed by atoms with Crippen molar-refractivity contribution in [1.29, 1.82) is 0 Å². The van der Waals surface area contributed by atoms with Gasteiger partial charge in [0, 0.05) is 31.7 Å². The molecule has 0 aromatic heterocycles. The summed E-state index contributed by atoms with van der Waals surface area (Å²) in [6, 6.07) is 1.24. The van der Waals surface area contributed by atoms with Crippen molar-refractivity contribution in [1.82, 2.24) is 15.5 Å². The fraction of sp³-hybridized carbons (Fsp3) is 0.923. The normalized spacial score (nSPS) is 38.5. The van der Waals surface area contributed by atoms with Crippen LogP contribution in [0.3, 0.4) is 0 Å². The van der Waals surface area contributed by atoms with Crippen LogP contribution in [0.1, 0.15) is 26.2 Å². The number of amides is 1. The summed E-state index contributed by atoms with van der Waals surface area (Å²) in [5.41, 5.74) is 0. The molecule has 2 heterocycles. The van der Waals surface area contributed by atoms with E-state index in [2.05, 4.69) is 22.5 Å². The molecule has 3 fully saturated rings. The number of nitrogens with one attached hydrogen (secondary N) is 2. The van der Waals surface area contributed by atoms with E-state index in [4.69, 9.17) is 0 Å². The molecule has 1 saturated carbocycles. The van der Waals surface area contributed by atoms with E-state index in [1.165, 1.54) is 19.4 Å². The number of carbonyl (C=O) groups is 1. The molecule has 96 valence electrons. The fourth-order valence-electron chi connectivity index (χ4n) is 3.15. The number of rotatable bonds is 3. The second-order valence-electron chi connectivity index (χ2n) is 5.96. The van der Waals surface area contributed by atoms with Gasteiger partial charge < -0.3 is 10.6 Å². The molecule has 1 amide bonds. The summed E-state index contributed by atoms with van der Waals surface area (Å²) in [5.74, 6) is 0.936. The molecular formula is C13H23N3O. The van der Waals surface area contributed by atoms with Crippen LogP contribution in [0.15, 0.2) is 0 Å². The molecule has 17 heavy (non-hydrogen) atoms. The number of carbonyl (C=O) groups excluding carboxylic acids is 1. The number of hydrogen-bond acceptors (Lipinski definition) is 3. The maximum Gasteiger partial charge on any atom is 0.224 e. The van der Waals surface area contributed by atoms with Gasteiger partial charge in [-0.15, -0.1) is 0 Å². The summed E-state index contributed by atoms with van der Waals surface area (Å²) in [6.07, 6.45) is 3.87. The van der Waals surface area contributed by atoms with Crippen molar-refractivity contribution in [2.75, 3.05) is 26.2 Å². The molecule has 3 rings (SSSR count). The average molecular weight is 237 g/mol. The predicted molar refractivity (Wildman–Crippen MR) is 66.7 cm³/mol. The zero-order valence-electron chi connectivity index (χ0n) is 10.6. The lowest BCUT2D eigenvalue weighted by molar-refractivity contribution is -0.126. The summed E-state index contributed by atoms with van der Waals surface area (Å²) in [6.45, 7) is 6.25. The van der Waals surface area contributed by atoms with Crippen LogP contribution < -0.4 is 10.6 Å². The van der Waals surface area contributed by atoms with Gasteiger partial charge in [-0.1, -0.05) is 6.92 Å². The monoisotopic (exact) mass is 237 g/mol. The minimum Gasteiger partial charge on any atom is -0.352 e. The smallest absolute Gasteiger partial charge is 0.224 e. The molecule has 2 aliphatic heterocycles. The van der Waals surface area contributed by atoms with Crippen molar-refractivity contribution < 1.29 is 4.79 Å². The van der Waals surface area contributed by atoms with Crippen LogP contribution in [0, 0.1) is 11.8 Å². The average Bonchev–Trinajstić information content (AvgIpc) is 2.90. The van der Waals surface area contributed by atoms with E-state index in [1.807, 2.05) is 0 Å². The second kappa shape index (κ2) is 4.58. The summed E-state index contributed by atoms with van der Waals surface area (Å²) in [4.78, 5) is 14.7. The summed E-state index contributed by atoms with van der Waals surface area (Å²) < 4.78 is 0. The van der Waals surface area contributed by atoms with Crippen LogP contribution in [0.25, 0.3) is 0 Å². The van der Waals surface area contributed by atoms with Crippen LogP contribution in [0.5, 0.6) is 0 Å². The highest BCUT2D eigenvalue weighted by atomic mass is 16.2. The quantitative estimate of drug-likeness (QED) is 0.737. The Morgan fingerprint density at radius 1 is 1.29 bits per heavy atom. The van der Waals surface area contributed by atoms with Crippen molar-refractivity contribution in [3.05, 3.63) is 0 Å². The van der Waals surface area contributed by atoms with Gasteiger partial charge in [0.25, 0.3) is 0 Å². The molecule has 1 unspecified atom stereocenters.